The number of phenols is 1. The highest BCUT2D eigenvalue weighted by molar-refractivity contribution is 7.93. The van der Waals surface area contributed by atoms with Crippen molar-refractivity contribution in [2.24, 2.45) is 0 Å². The summed E-state index contributed by atoms with van der Waals surface area (Å²) in [6.45, 7) is 0.365. The van der Waals surface area contributed by atoms with Crippen LogP contribution in [0.1, 0.15) is 17.0 Å². The van der Waals surface area contributed by atoms with E-state index >= 15 is 0 Å². The third-order valence-electron chi connectivity index (χ3n) is 4.95. The first kappa shape index (κ1) is 19.6. The number of furan rings is 1. The Morgan fingerprint density at radius 3 is 2.77 bits per heavy atom. The monoisotopic (exact) mass is 455 g/mol. The van der Waals surface area contributed by atoms with Gasteiger partial charge in [0.15, 0.2) is 16.5 Å². The van der Waals surface area contributed by atoms with Gasteiger partial charge in [-0.3, -0.25) is 9.10 Å². The van der Waals surface area contributed by atoms with Gasteiger partial charge in [0, 0.05) is 6.54 Å². The average molecular weight is 456 g/mol. The maximum Gasteiger partial charge on any atom is 0.291 e. The average Bonchev–Trinajstić information content (AvgIpc) is 3.46. The number of amides is 1. The molecule has 2 N–H and O–H groups in total. The number of aromatic hydroxyl groups is 1. The molecule has 2 aromatic heterocycles. The normalized spacial score (nSPS) is 15.4. The minimum atomic E-state index is -3.37. The van der Waals surface area contributed by atoms with Crippen molar-refractivity contribution in [1.82, 2.24) is 4.98 Å². The molecule has 0 radical (unpaired) electrons. The van der Waals surface area contributed by atoms with Gasteiger partial charge < -0.3 is 14.8 Å². The fourth-order valence-electron chi connectivity index (χ4n) is 3.45. The largest absolute Gasteiger partial charge is 0.506 e. The second-order valence-electron chi connectivity index (χ2n) is 7.05. The molecule has 0 spiro atoms. The first-order chi connectivity index (χ1) is 14.9. The third kappa shape index (κ3) is 3.64. The second kappa shape index (κ2) is 7.40. The highest BCUT2D eigenvalue weighted by Gasteiger charge is 2.29. The van der Waals surface area contributed by atoms with Gasteiger partial charge in [-0.15, -0.1) is 11.3 Å². The number of para-hydroxylation sites is 1. The lowest BCUT2D eigenvalue weighted by molar-refractivity contribution is 0.0997. The fraction of sp³-hybridized carbons (Fsp3) is 0.143. The molecule has 158 valence electrons. The number of nitrogens with zero attached hydrogens (tertiary/aromatic N) is 2. The third-order valence-corrected chi connectivity index (χ3v) is 7.87. The van der Waals surface area contributed by atoms with Crippen LogP contribution in [-0.2, 0) is 10.0 Å². The number of fused-ring (bicyclic) bond motifs is 1. The summed E-state index contributed by atoms with van der Waals surface area (Å²) >= 11 is 1.46. The van der Waals surface area contributed by atoms with E-state index in [1.807, 2.05) is 24.3 Å². The zero-order valence-electron chi connectivity index (χ0n) is 16.1. The van der Waals surface area contributed by atoms with Gasteiger partial charge in [-0.25, -0.2) is 13.4 Å². The van der Waals surface area contributed by atoms with Gasteiger partial charge in [-0.1, -0.05) is 12.1 Å². The van der Waals surface area contributed by atoms with Crippen molar-refractivity contribution in [3.8, 4) is 16.5 Å². The van der Waals surface area contributed by atoms with Crippen LogP contribution in [0.2, 0.25) is 0 Å². The summed E-state index contributed by atoms with van der Waals surface area (Å²) in [5.74, 6) is -0.146. The zero-order valence-corrected chi connectivity index (χ0v) is 17.7. The Bertz CT molecular complexity index is 1370. The molecule has 8 nitrogen and oxygen atoms in total. The summed E-state index contributed by atoms with van der Waals surface area (Å²) in [7, 11) is -3.37. The molecule has 0 bridgehead atoms. The molecular weight excluding hydrogens is 438 g/mol. The highest BCUT2D eigenvalue weighted by Crippen LogP contribution is 2.34. The minimum absolute atomic E-state index is 0.0489. The summed E-state index contributed by atoms with van der Waals surface area (Å²) in [6, 6.07) is 15.2. The summed E-state index contributed by atoms with van der Waals surface area (Å²) in [5, 5.41) is 13.4. The molecule has 0 atom stereocenters. The molecule has 31 heavy (non-hydrogen) atoms. The van der Waals surface area contributed by atoms with Crippen LogP contribution >= 0.6 is 11.3 Å². The van der Waals surface area contributed by atoms with E-state index in [0.29, 0.717) is 29.4 Å². The maximum atomic E-state index is 12.7. The number of carbonyl (C=O) groups excluding carboxylic acids is 1. The van der Waals surface area contributed by atoms with Crippen LogP contribution in [0.15, 0.2) is 59.0 Å². The van der Waals surface area contributed by atoms with E-state index in [4.69, 9.17) is 4.42 Å². The number of aromatic nitrogens is 1. The van der Waals surface area contributed by atoms with Crippen LogP contribution in [0, 0.1) is 0 Å². The van der Waals surface area contributed by atoms with Crippen molar-refractivity contribution in [2.45, 2.75) is 6.42 Å². The molecule has 2 aromatic carbocycles. The Morgan fingerprint density at radius 2 is 2.00 bits per heavy atom. The number of carbonyl (C=O) groups is 1. The number of nitrogens with one attached hydrogen (secondary N) is 1. The Morgan fingerprint density at radius 1 is 1.16 bits per heavy atom. The van der Waals surface area contributed by atoms with Crippen molar-refractivity contribution >= 4 is 48.9 Å². The van der Waals surface area contributed by atoms with Gasteiger partial charge in [0.05, 0.1) is 27.3 Å². The Labute approximate surface area is 181 Å². The number of phenolic OH excluding ortho intramolecular Hbond substituents is 1. The fourth-order valence-corrected chi connectivity index (χ4v) is 5.93. The lowest BCUT2D eigenvalue weighted by atomic mass is 10.2. The minimum Gasteiger partial charge on any atom is -0.506 e. The van der Waals surface area contributed by atoms with Gasteiger partial charge in [-0.05, 0) is 48.9 Å². The molecule has 0 saturated carbocycles. The van der Waals surface area contributed by atoms with Gasteiger partial charge in [0.25, 0.3) is 5.91 Å². The van der Waals surface area contributed by atoms with Crippen LogP contribution < -0.4 is 9.62 Å². The van der Waals surface area contributed by atoms with Crippen molar-refractivity contribution in [1.29, 1.82) is 0 Å². The molecule has 10 heteroatoms. The number of hydrogen-bond donors (Lipinski definition) is 2. The zero-order chi connectivity index (χ0) is 21.6. The number of anilines is 2. The summed E-state index contributed by atoms with van der Waals surface area (Å²) in [6.07, 6.45) is 0.534. The molecule has 1 fully saturated rings. The summed E-state index contributed by atoms with van der Waals surface area (Å²) < 4.78 is 32.3. The molecule has 0 aliphatic carbocycles. The topological polar surface area (TPSA) is 113 Å². The van der Waals surface area contributed by atoms with Gasteiger partial charge in [0.1, 0.15) is 5.75 Å². The van der Waals surface area contributed by atoms with Crippen molar-refractivity contribution in [3.63, 3.8) is 0 Å². The molecule has 5 rings (SSSR count). The highest BCUT2D eigenvalue weighted by atomic mass is 32.2. The first-order valence-corrected chi connectivity index (χ1v) is 11.9. The predicted octanol–water partition coefficient (Wildman–Crippen LogP) is 4.05. The molecule has 3 heterocycles. The number of rotatable bonds is 4. The van der Waals surface area contributed by atoms with Gasteiger partial charge >= 0.3 is 0 Å². The van der Waals surface area contributed by atoms with Gasteiger partial charge in [0.2, 0.25) is 10.0 Å². The molecule has 1 aliphatic heterocycles. The summed E-state index contributed by atoms with van der Waals surface area (Å²) in [4.78, 5) is 17.2. The van der Waals surface area contributed by atoms with Crippen molar-refractivity contribution in [3.05, 3.63) is 60.4 Å². The van der Waals surface area contributed by atoms with E-state index in [9.17, 15) is 18.3 Å². The Hall–Kier alpha value is -3.37. The van der Waals surface area contributed by atoms with E-state index in [0.717, 1.165) is 10.2 Å². The van der Waals surface area contributed by atoms with Crippen LogP contribution in [0.5, 0.6) is 5.75 Å². The van der Waals surface area contributed by atoms with Crippen LogP contribution in [0.4, 0.5) is 11.4 Å². The lowest BCUT2D eigenvalue weighted by Crippen LogP contribution is -2.25. The van der Waals surface area contributed by atoms with Gasteiger partial charge in [-0.2, -0.15) is 0 Å². The Balaban J connectivity index is 1.39. The van der Waals surface area contributed by atoms with Crippen LogP contribution in [0.25, 0.3) is 21.0 Å². The summed E-state index contributed by atoms with van der Waals surface area (Å²) in [5.41, 5.74) is 1.34. The smallest absolute Gasteiger partial charge is 0.291 e. The quantitative estimate of drug-likeness (QED) is 0.449. The Kier molecular flexibility index (Phi) is 4.67. The van der Waals surface area contributed by atoms with Crippen LogP contribution in [0.3, 0.4) is 0 Å². The maximum absolute atomic E-state index is 12.7. The SMILES string of the molecule is O=C(Nc1cc(N2CCCS2(=O)=O)ccc1O)c1ccc(-c2nc3ccccc3s2)o1. The molecule has 1 aliphatic rings. The number of sulfonamides is 1. The lowest BCUT2D eigenvalue weighted by Gasteiger charge is -2.18. The number of hydrogen-bond acceptors (Lipinski definition) is 7. The van der Waals surface area contributed by atoms with E-state index in [1.54, 1.807) is 6.07 Å². The van der Waals surface area contributed by atoms with E-state index in [2.05, 4.69) is 10.3 Å². The predicted molar refractivity (Wildman–Crippen MR) is 119 cm³/mol. The van der Waals surface area contributed by atoms with Crippen molar-refractivity contribution in [2.75, 3.05) is 21.9 Å². The van der Waals surface area contributed by atoms with Crippen molar-refractivity contribution < 1.29 is 22.7 Å². The van der Waals surface area contributed by atoms with Crippen LogP contribution in [-0.4, -0.2) is 36.7 Å². The van der Waals surface area contributed by atoms with E-state index in [-0.39, 0.29) is 22.9 Å². The second-order valence-corrected chi connectivity index (χ2v) is 10.1. The molecule has 0 unspecified atom stereocenters. The molecule has 1 saturated heterocycles. The molecule has 4 aromatic rings. The standard InChI is InChI=1S/C21H17N3O5S2/c25-16-7-6-13(24-10-3-11-31(24,27)28)12-15(16)22-20(26)17-8-9-18(29-17)21-23-14-4-1-2-5-19(14)30-21/h1-2,4-9,12,25H,3,10-11H2,(H,22,26). The molecule has 1 amide bonds. The van der Waals surface area contributed by atoms with E-state index in [1.165, 1.54) is 39.9 Å². The van der Waals surface area contributed by atoms with E-state index < -0.39 is 15.9 Å². The number of benzene rings is 2. The number of thiazole rings is 1. The molecular formula is C21H17N3O5S2. The first-order valence-electron chi connectivity index (χ1n) is 9.51.